The Labute approximate surface area is 87.1 Å². The summed E-state index contributed by atoms with van der Waals surface area (Å²) >= 11 is 0. The van der Waals surface area contributed by atoms with E-state index >= 15 is 0 Å². The maximum absolute atomic E-state index is 10.9. The Kier molecular flexibility index (Phi) is 4.49. The molecule has 13 heavy (non-hydrogen) atoms. The zero-order valence-corrected chi connectivity index (χ0v) is 10.2. The minimum Gasteiger partial charge on any atom is -0.212 e. The van der Waals surface area contributed by atoms with Gasteiger partial charge in [0.2, 0.25) is 18.1 Å². The second-order valence-corrected chi connectivity index (χ2v) is 8.44. The van der Waals surface area contributed by atoms with E-state index in [2.05, 4.69) is 0 Å². The third kappa shape index (κ3) is 4.01. The van der Waals surface area contributed by atoms with Crippen LogP contribution in [0.5, 0.6) is 0 Å². The molecule has 0 radical (unpaired) electrons. The molecule has 0 spiro atoms. The van der Waals surface area contributed by atoms with Gasteiger partial charge >= 0.3 is 0 Å². The summed E-state index contributed by atoms with van der Waals surface area (Å²) in [5.41, 5.74) is 0. The predicted molar refractivity (Wildman–Crippen MR) is 53.1 cm³/mol. The van der Waals surface area contributed by atoms with Crippen LogP contribution in [0.4, 0.5) is 0 Å². The zero-order valence-electron chi connectivity index (χ0n) is 7.07. The normalized spacial score (nSPS) is 18.2. The van der Waals surface area contributed by atoms with E-state index in [1.54, 1.807) is 0 Å². The molecule has 0 N–H and O–H groups in total. The summed E-state index contributed by atoms with van der Waals surface area (Å²) in [7, 11) is 2.28. The van der Waals surface area contributed by atoms with E-state index in [1.165, 1.54) is 13.8 Å². The molecule has 0 aliphatic heterocycles. The lowest BCUT2D eigenvalue weighted by atomic mass is 10.3. The van der Waals surface area contributed by atoms with Gasteiger partial charge in [-0.15, -0.1) is 0 Å². The Morgan fingerprint density at radius 1 is 1.08 bits per heavy atom. The molecular formula is C5H10Cl2O4S2. The summed E-state index contributed by atoms with van der Waals surface area (Å²) in [5, 5.41) is -2.35. The van der Waals surface area contributed by atoms with Crippen molar-refractivity contribution in [2.45, 2.75) is 30.8 Å². The first-order valence-corrected chi connectivity index (χ1v) is 8.22. The summed E-state index contributed by atoms with van der Waals surface area (Å²) in [6.45, 7) is 2.75. The third-order valence-electron chi connectivity index (χ3n) is 1.73. The van der Waals surface area contributed by atoms with Crippen LogP contribution in [0.2, 0.25) is 0 Å². The van der Waals surface area contributed by atoms with Gasteiger partial charge in [0.25, 0.3) is 0 Å². The van der Waals surface area contributed by atoms with Crippen LogP contribution in [-0.4, -0.2) is 27.3 Å². The van der Waals surface area contributed by atoms with Gasteiger partial charge in [-0.2, -0.15) is 0 Å². The standard InChI is InChI=1S/C5H10Cl2O4S2/c1-3-5(13(7,10)11)4(2)12(6,8)9/h4-5H,3H2,1-2H3. The Morgan fingerprint density at radius 2 is 1.46 bits per heavy atom. The van der Waals surface area contributed by atoms with E-state index in [0.29, 0.717) is 0 Å². The van der Waals surface area contributed by atoms with Crippen molar-refractivity contribution in [1.29, 1.82) is 0 Å². The fourth-order valence-corrected chi connectivity index (χ4v) is 4.81. The Bertz CT molecular complexity index is 358. The first kappa shape index (κ1) is 13.5. The molecule has 0 aromatic carbocycles. The maximum atomic E-state index is 10.9. The largest absolute Gasteiger partial charge is 0.236 e. The SMILES string of the molecule is CCC(C(C)S(=O)(=O)Cl)S(=O)(=O)Cl. The lowest BCUT2D eigenvalue weighted by Gasteiger charge is -2.15. The Morgan fingerprint density at radius 3 is 1.54 bits per heavy atom. The highest BCUT2D eigenvalue weighted by Crippen LogP contribution is 2.22. The van der Waals surface area contributed by atoms with Crippen LogP contribution < -0.4 is 0 Å². The molecule has 2 unspecified atom stereocenters. The van der Waals surface area contributed by atoms with E-state index in [0.717, 1.165) is 0 Å². The van der Waals surface area contributed by atoms with Crippen molar-refractivity contribution in [1.82, 2.24) is 0 Å². The number of halogens is 2. The molecular weight excluding hydrogens is 259 g/mol. The Hall–Kier alpha value is 0.480. The van der Waals surface area contributed by atoms with Crippen LogP contribution in [0.25, 0.3) is 0 Å². The molecule has 80 valence electrons. The lowest BCUT2D eigenvalue weighted by molar-refractivity contribution is 0.568. The number of rotatable bonds is 4. The summed E-state index contributed by atoms with van der Waals surface area (Å²) in [5.74, 6) is 0. The minimum atomic E-state index is -3.89. The van der Waals surface area contributed by atoms with Crippen molar-refractivity contribution in [3.63, 3.8) is 0 Å². The van der Waals surface area contributed by atoms with Gasteiger partial charge in [-0.05, 0) is 13.3 Å². The second-order valence-electron chi connectivity index (χ2n) is 2.60. The van der Waals surface area contributed by atoms with Crippen LogP contribution in [0.3, 0.4) is 0 Å². The smallest absolute Gasteiger partial charge is 0.212 e. The van der Waals surface area contributed by atoms with Crippen molar-refractivity contribution in [2.24, 2.45) is 0 Å². The molecule has 0 fully saturated rings. The Balaban J connectivity index is 5.05. The topological polar surface area (TPSA) is 68.3 Å². The monoisotopic (exact) mass is 268 g/mol. The molecule has 0 saturated carbocycles. The molecule has 0 aliphatic rings. The van der Waals surface area contributed by atoms with Crippen molar-refractivity contribution >= 4 is 39.5 Å². The summed E-state index contributed by atoms with van der Waals surface area (Å²) in [6.07, 6.45) is 0.110. The van der Waals surface area contributed by atoms with Gasteiger partial charge in [0, 0.05) is 21.4 Å². The minimum absolute atomic E-state index is 0.110. The molecule has 4 nitrogen and oxygen atoms in total. The lowest BCUT2D eigenvalue weighted by Crippen LogP contribution is -2.32. The highest BCUT2D eigenvalue weighted by molar-refractivity contribution is 8.17. The average molecular weight is 269 g/mol. The van der Waals surface area contributed by atoms with E-state index in [9.17, 15) is 16.8 Å². The van der Waals surface area contributed by atoms with Crippen molar-refractivity contribution < 1.29 is 16.8 Å². The van der Waals surface area contributed by atoms with Crippen molar-refractivity contribution in [3.8, 4) is 0 Å². The highest BCUT2D eigenvalue weighted by atomic mass is 35.7. The van der Waals surface area contributed by atoms with Crippen molar-refractivity contribution in [3.05, 3.63) is 0 Å². The van der Waals surface area contributed by atoms with E-state index in [1.807, 2.05) is 0 Å². The molecule has 0 rings (SSSR count). The highest BCUT2D eigenvalue weighted by Gasteiger charge is 2.35. The fraction of sp³-hybridized carbons (Fsp3) is 1.00. The van der Waals surface area contributed by atoms with Gasteiger partial charge in [0.1, 0.15) is 0 Å². The van der Waals surface area contributed by atoms with Gasteiger partial charge < -0.3 is 0 Å². The van der Waals surface area contributed by atoms with Gasteiger partial charge in [0.05, 0.1) is 10.5 Å². The summed E-state index contributed by atoms with van der Waals surface area (Å²) in [4.78, 5) is 0. The van der Waals surface area contributed by atoms with Gasteiger partial charge in [-0.1, -0.05) is 6.92 Å². The predicted octanol–water partition coefficient (Wildman–Crippen LogP) is 1.29. The van der Waals surface area contributed by atoms with Gasteiger partial charge in [0.15, 0.2) is 0 Å². The molecule has 0 heterocycles. The van der Waals surface area contributed by atoms with Crippen molar-refractivity contribution in [2.75, 3.05) is 0 Å². The van der Waals surface area contributed by atoms with Crippen LogP contribution in [0, 0.1) is 0 Å². The molecule has 2 atom stereocenters. The molecule has 0 amide bonds. The van der Waals surface area contributed by atoms with Gasteiger partial charge in [-0.3, -0.25) is 0 Å². The fourth-order valence-electron chi connectivity index (χ4n) is 0.941. The summed E-state index contributed by atoms with van der Waals surface area (Å²) in [6, 6.07) is 0. The van der Waals surface area contributed by atoms with Gasteiger partial charge in [-0.25, -0.2) is 16.8 Å². The quantitative estimate of drug-likeness (QED) is 0.721. The maximum Gasteiger partial charge on any atom is 0.236 e. The van der Waals surface area contributed by atoms with Crippen LogP contribution in [-0.2, 0) is 18.1 Å². The molecule has 8 heteroatoms. The van der Waals surface area contributed by atoms with E-state index in [-0.39, 0.29) is 6.42 Å². The number of hydrogen-bond acceptors (Lipinski definition) is 4. The second kappa shape index (κ2) is 4.33. The molecule has 0 aromatic heterocycles. The van der Waals surface area contributed by atoms with Crippen LogP contribution in [0.1, 0.15) is 20.3 Å². The molecule has 0 aromatic rings. The average Bonchev–Trinajstić information content (AvgIpc) is 1.83. The molecule has 0 bridgehead atoms. The molecule has 0 saturated heterocycles. The molecule has 0 aliphatic carbocycles. The first-order chi connectivity index (χ1) is 5.60. The summed E-state index contributed by atoms with van der Waals surface area (Å²) < 4.78 is 43.4. The number of hydrogen-bond donors (Lipinski definition) is 0. The first-order valence-electron chi connectivity index (χ1n) is 3.47. The van der Waals surface area contributed by atoms with Crippen LogP contribution >= 0.6 is 21.4 Å². The zero-order chi connectivity index (χ0) is 10.9. The van der Waals surface area contributed by atoms with E-state index in [4.69, 9.17) is 21.4 Å². The van der Waals surface area contributed by atoms with E-state index < -0.39 is 28.6 Å². The van der Waals surface area contributed by atoms with Crippen LogP contribution in [0.15, 0.2) is 0 Å². The third-order valence-corrected chi connectivity index (χ3v) is 6.12.